The fraction of sp³-hybridized carbons (Fsp3) is 0.375. The van der Waals surface area contributed by atoms with E-state index in [1.165, 1.54) is 0 Å². The van der Waals surface area contributed by atoms with Crippen LogP contribution in [0.4, 0.5) is 5.69 Å². The largest absolute Gasteiger partial charge is 0.323 e. The molecule has 20 heavy (non-hydrogen) atoms. The summed E-state index contributed by atoms with van der Waals surface area (Å²) in [7, 11) is 0. The number of carbonyl (C=O) groups is 1. The fourth-order valence-corrected chi connectivity index (χ4v) is 2.15. The van der Waals surface area contributed by atoms with E-state index in [9.17, 15) is 4.79 Å². The molecule has 106 valence electrons. The van der Waals surface area contributed by atoms with Crippen LogP contribution in [0.2, 0.25) is 0 Å². The van der Waals surface area contributed by atoms with Gasteiger partial charge in [0.2, 0.25) is 5.91 Å². The molecule has 4 heteroatoms. The van der Waals surface area contributed by atoms with Gasteiger partial charge in [-0.15, -0.1) is 0 Å². The van der Waals surface area contributed by atoms with E-state index < -0.39 is 5.54 Å². The van der Waals surface area contributed by atoms with Crippen LogP contribution in [-0.2, 0) is 4.79 Å². The van der Waals surface area contributed by atoms with Gasteiger partial charge in [0, 0.05) is 11.1 Å². The molecule has 1 aromatic carbocycles. The van der Waals surface area contributed by atoms with Crippen molar-refractivity contribution in [1.82, 2.24) is 10.3 Å². The first-order chi connectivity index (χ1) is 9.44. The molecule has 1 heterocycles. The highest BCUT2D eigenvalue weighted by molar-refractivity contribution is 6.03. The average Bonchev–Trinajstić information content (AvgIpc) is 2.39. The van der Waals surface area contributed by atoms with Gasteiger partial charge in [-0.3, -0.25) is 9.78 Å². The van der Waals surface area contributed by atoms with E-state index in [4.69, 9.17) is 0 Å². The Morgan fingerprint density at radius 1 is 1.25 bits per heavy atom. The Balaban J connectivity index is 2.34. The van der Waals surface area contributed by atoms with Crippen molar-refractivity contribution in [2.24, 2.45) is 0 Å². The van der Waals surface area contributed by atoms with Crippen molar-refractivity contribution >= 4 is 22.5 Å². The molecule has 0 aliphatic heterocycles. The second-order valence-corrected chi connectivity index (χ2v) is 5.44. The van der Waals surface area contributed by atoms with Crippen LogP contribution >= 0.6 is 0 Å². The maximum atomic E-state index is 12.4. The van der Waals surface area contributed by atoms with Crippen LogP contribution in [0.15, 0.2) is 30.3 Å². The predicted molar refractivity (Wildman–Crippen MR) is 82.9 cm³/mol. The first kappa shape index (κ1) is 14.5. The molecule has 4 nitrogen and oxygen atoms in total. The van der Waals surface area contributed by atoms with E-state index in [1.807, 2.05) is 58.0 Å². The molecule has 1 aromatic heterocycles. The number of rotatable bonds is 4. The number of nitrogens with zero attached hydrogens (tertiary/aromatic N) is 1. The van der Waals surface area contributed by atoms with Gasteiger partial charge in [0.15, 0.2) is 0 Å². The summed E-state index contributed by atoms with van der Waals surface area (Å²) < 4.78 is 0. The lowest BCUT2D eigenvalue weighted by atomic mass is 10.0. The number of benzene rings is 1. The Kier molecular flexibility index (Phi) is 4.04. The summed E-state index contributed by atoms with van der Waals surface area (Å²) in [5.74, 6) is -0.0600. The SMILES string of the molecule is CCNC(C)(C)C(=O)Nc1cccc2ccc(C)nc12. The second-order valence-electron chi connectivity index (χ2n) is 5.44. The maximum Gasteiger partial charge on any atom is 0.244 e. The molecule has 0 spiro atoms. The number of para-hydroxylation sites is 1. The molecule has 0 bridgehead atoms. The van der Waals surface area contributed by atoms with E-state index in [-0.39, 0.29) is 5.91 Å². The molecule has 2 aromatic rings. The maximum absolute atomic E-state index is 12.4. The van der Waals surface area contributed by atoms with Gasteiger partial charge in [0.1, 0.15) is 0 Å². The monoisotopic (exact) mass is 271 g/mol. The van der Waals surface area contributed by atoms with Crippen molar-refractivity contribution in [3.63, 3.8) is 0 Å². The summed E-state index contributed by atoms with van der Waals surface area (Å²) in [6.07, 6.45) is 0. The Hall–Kier alpha value is -1.94. The lowest BCUT2D eigenvalue weighted by molar-refractivity contribution is -0.121. The third kappa shape index (κ3) is 2.96. The van der Waals surface area contributed by atoms with Crippen LogP contribution in [0.25, 0.3) is 10.9 Å². The molecule has 0 saturated carbocycles. The van der Waals surface area contributed by atoms with Crippen molar-refractivity contribution in [3.05, 3.63) is 36.0 Å². The molecule has 0 atom stereocenters. The summed E-state index contributed by atoms with van der Waals surface area (Å²) in [5.41, 5.74) is 1.90. The Morgan fingerprint density at radius 2 is 2.00 bits per heavy atom. The number of aryl methyl sites for hydroxylation is 1. The van der Waals surface area contributed by atoms with Gasteiger partial charge in [0.05, 0.1) is 16.7 Å². The number of pyridine rings is 1. The minimum absolute atomic E-state index is 0.0600. The highest BCUT2D eigenvalue weighted by atomic mass is 16.2. The van der Waals surface area contributed by atoms with Crippen LogP contribution in [0, 0.1) is 6.92 Å². The third-order valence-electron chi connectivity index (χ3n) is 3.29. The lowest BCUT2D eigenvalue weighted by Gasteiger charge is -2.24. The minimum Gasteiger partial charge on any atom is -0.323 e. The van der Waals surface area contributed by atoms with Gasteiger partial charge in [0.25, 0.3) is 0 Å². The number of hydrogen-bond donors (Lipinski definition) is 2. The Morgan fingerprint density at radius 3 is 2.70 bits per heavy atom. The lowest BCUT2D eigenvalue weighted by Crippen LogP contribution is -2.49. The molecule has 0 radical (unpaired) electrons. The van der Waals surface area contributed by atoms with E-state index >= 15 is 0 Å². The molecule has 0 fully saturated rings. The molecular weight excluding hydrogens is 250 g/mol. The zero-order valence-electron chi connectivity index (χ0n) is 12.4. The summed E-state index contributed by atoms with van der Waals surface area (Å²) in [4.78, 5) is 16.9. The molecule has 0 unspecified atom stereocenters. The number of carbonyl (C=O) groups excluding carboxylic acids is 1. The number of aromatic nitrogens is 1. The standard InChI is InChI=1S/C16H21N3O/c1-5-17-16(3,4)15(20)19-13-8-6-7-12-10-9-11(2)18-14(12)13/h6-10,17H,5H2,1-4H3,(H,19,20). The van der Waals surface area contributed by atoms with E-state index in [2.05, 4.69) is 15.6 Å². The molecule has 0 aliphatic carbocycles. The topological polar surface area (TPSA) is 54.0 Å². The zero-order valence-corrected chi connectivity index (χ0v) is 12.4. The number of nitrogens with one attached hydrogen (secondary N) is 2. The van der Waals surface area contributed by atoms with Crippen molar-refractivity contribution in [1.29, 1.82) is 0 Å². The minimum atomic E-state index is -0.610. The van der Waals surface area contributed by atoms with Crippen LogP contribution in [0.5, 0.6) is 0 Å². The number of amides is 1. The summed E-state index contributed by atoms with van der Waals surface area (Å²) >= 11 is 0. The normalized spacial score (nSPS) is 11.6. The van der Waals surface area contributed by atoms with E-state index in [1.54, 1.807) is 0 Å². The van der Waals surface area contributed by atoms with Gasteiger partial charge in [-0.25, -0.2) is 0 Å². The number of hydrogen-bond acceptors (Lipinski definition) is 3. The summed E-state index contributed by atoms with van der Waals surface area (Å²) in [5, 5.41) is 7.16. The molecule has 0 saturated heterocycles. The van der Waals surface area contributed by atoms with Gasteiger partial charge >= 0.3 is 0 Å². The van der Waals surface area contributed by atoms with Crippen LogP contribution in [0.1, 0.15) is 26.5 Å². The van der Waals surface area contributed by atoms with E-state index in [0.717, 1.165) is 28.8 Å². The van der Waals surface area contributed by atoms with Gasteiger partial charge < -0.3 is 10.6 Å². The Labute approximate surface area is 119 Å². The summed E-state index contributed by atoms with van der Waals surface area (Å²) in [6.45, 7) is 8.41. The van der Waals surface area contributed by atoms with Gasteiger partial charge in [-0.05, 0) is 39.4 Å². The van der Waals surface area contributed by atoms with Crippen LogP contribution < -0.4 is 10.6 Å². The molecule has 2 N–H and O–H groups in total. The first-order valence-corrected chi connectivity index (χ1v) is 6.87. The van der Waals surface area contributed by atoms with Gasteiger partial charge in [-0.1, -0.05) is 25.1 Å². The zero-order chi connectivity index (χ0) is 14.8. The smallest absolute Gasteiger partial charge is 0.244 e. The number of anilines is 1. The molecule has 0 aliphatic rings. The molecular formula is C16H21N3O. The van der Waals surface area contributed by atoms with Crippen molar-refractivity contribution in [3.8, 4) is 0 Å². The fourth-order valence-electron chi connectivity index (χ4n) is 2.15. The van der Waals surface area contributed by atoms with Crippen molar-refractivity contribution < 1.29 is 4.79 Å². The quantitative estimate of drug-likeness (QED) is 0.899. The van der Waals surface area contributed by atoms with Gasteiger partial charge in [-0.2, -0.15) is 0 Å². The predicted octanol–water partition coefficient (Wildman–Crippen LogP) is 2.87. The number of likely N-dealkylation sites (N-methyl/N-ethyl adjacent to an activating group) is 1. The van der Waals surface area contributed by atoms with Crippen molar-refractivity contribution in [2.75, 3.05) is 11.9 Å². The average molecular weight is 271 g/mol. The third-order valence-corrected chi connectivity index (χ3v) is 3.29. The number of fused-ring (bicyclic) bond motifs is 1. The molecule has 1 amide bonds. The molecule has 2 rings (SSSR count). The van der Waals surface area contributed by atoms with Crippen molar-refractivity contribution in [2.45, 2.75) is 33.2 Å². The highest BCUT2D eigenvalue weighted by Gasteiger charge is 2.26. The van der Waals surface area contributed by atoms with Crippen LogP contribution in [-0.4, -0.2) is 23.0 Å². The second kappa shape index (κ2) is 5.59. The highest BCUT2D eigenvalue weighted by Crippen LogP contribution is 2.22. The summed E-state index contributed by atoms with van der Waals surface area (Å²) in [6, 6.07) is 9.79. The Bertz CT molecular complexity index is 635. The first-order valence-electron chi connectivity index (χ1n) is 6.87. The van der Waals surface area contributed by atoms with Crippen LogP contribution in [0.3, 0.4) is 0 Å². The van der Waals surface area contributed by atoms with E-state index in [0.29, 0.717) is 0 Å².